The third kappa shape index (κ3) is 4.84. The number of carbonyl (C=O) groups excluding carboxylic acids is 1. The van der Waals surface area contributed by atoms with Gasteiger partial charge in [0.25, 0.3) is 0 Å². The molecular weight excluding hydrogens is 383 g/mol. The van der Waals surface area contributed by atoms with Crippen LogP contribution in [0.15, 0.2) is 30.1 Å². The van der Waals surface area contributed by atoms with Gasteiger partial charge >= 0.3 is 5.97 Å². The van der Waals surface area contributed by atoms with E-state index in [0.29, 0.717) is 12.0 Å². The summed E-state index contributed by atoms with van der Waals surface area (Å²) in [7, 11) is 0. The standard InChI is InChI=1S/C25H33FO4/c1-14-11-16(3)22-19(12-14)9-8-10-21-23(30-25(6,7)29-21)17(4)20(26)13-15(2)18(5)28-24(22)27/h8-9,11-13,15,17-18,21,23H,10H2,1-7H3/b9-8+,20-13+/t15-,17?,18+,21?,23?/m1/s1. The maximum atomic E-state index is 15.1. The van der Waals surface area contributed by atoms with E-state index in [2.05, 4.69) is 0 Å². The van der Waals surface area contributed by atoms with E-state index in [0.717, 1.165) is 16.7 Å². The van der Waals surface area contributed by atoms with E-state index >= 15 is 4.39 Å². The number of esters is 1. The highest BCUT2D eigenvalue weighted by Gasteiger charge is 2.44. The molecule has 4 nitrogen and oxygen atoms in total. The van der Waals surface area contributed by atoms with Gasteiger partial charge in [-0.25, -0.2) is 9.18 Å². The van der Waals surface area contributed by atoms with Gasteiger partial charge in [-0.3, -0.25) is 0 Å². The SMILES string of the molecule is Cc1cc(C)c2c(c1)/C=C/CC1OC(C)(C)OC1C(C)/C(F)=C\[C@@H](C)[C@H](C)OC2=O. The molecule has 2 heterocycles. The zero-order chi connectivity index (χ0) is 22.2. The first-order chi connectivity index (χ1) is 14.0. The Kier molecular flexibility index (Phi) is 6.54. The first kappa shape index (κ1) is 22.7. The van der Waals surface area contributed by atoms with E-state index in [1.165, 1.54) is 0 Å². The van der Waals surface area contributed by atoms with Gasteiger partial charge in [0.1, 0.15) is 11.9 Å². The quantitative estimate of drug-likeness (QED) is 0.493. The van der Waals surface area contributed by atoms with Crippen molar-refractivity contribution in [3.63, 3.8) is 0 Å². The predicted molar refractivity (Wildman–Crippen MR) is 116 cm³/mol. The molecule has 30 heavy (non-hydrogen) atoms. The average molecular weight is 417 g/mol. The molecule has 0 amide bonds. The first-order valence-corrected chi connectivity index (χ1v) is 10.7. The largest absolute Gasteiger partial charge is 0.458 e. The second-order valence-corrected chi connectivity index (χ2v) is 9.13. The maximum Gasteiger partial charge on any atom is 0.339 e. The molecule has 0 aliphatic carbocycles. The Balaban J connectivity index is 2.06. The van der Waals surface area contributed by atoms with Crippen molar-refractivity contribution in [3.8, 4) is 0 Å². The fourth-order valence-electron chi connectivity index (χ4n) is 4.24. The van der Waals surface area contributed by atoms with Gasteiger partial charge in [-0.1, -0.05) is 43.7 Å². The molecule has 164 valence electrons. The maximum absolute atomic E-state index is 15.1. The van der Waals surface area contributed by atoms with Crippen LogP contribution in [0.25, 0.3) is 6.08 Å². The van der Waals surface area contributed by atoms with Crippen molar-refractivity contribution in [2.24, 2.45) is 11.8 Å². The number of carbonyl (C=O) groups is 1. The van der Waals surface area contributed by atoms with Crippen LogP contribution in [0.3, 0.4) is 0 Å². The molecule has 0 spiro atoms. The highest BCUT2D eigenvalue weighted by molar-refractivity contribution is 5.95. The molecule has 0 saturated carbocycles. The molecule has 3 rings (SSSR count). The summed E-state index contributed by atoms with van der Waals surface area (Å²) < 4.78 is 32.9. The van der Waals surface area contributed by atoms with Crippen LogP contribution in [0.2, 0.25) is 0 Å². The van der Waals surface area contributed by atoms with E-state index in [4.69, 9.17) is 14.2 Å². The molecule has 1 fully saturated rings. The number of aryl methyl sites for hydroxylation is 2. The molecule has 0 bridgehead atoms. The molecule has 0 N–H and O–H groups in total. The minimum absolute atomic E-state index is 0.269. The Morgan fingerprint density at radius 2 is 1.80 bits per heavy atom. The summed E-state index contributed by atoms with van der Waals surface area (Å²) in [5.41, 5.74) is 3.30. The van der Waals surface area contributed by atoms with E-state index in [1.807, 2.05) is 65.8 Å². The van der Waals surface area contributed by atoms with Crippen molar-refractivity contribution in [2.75, 3.05) is 0 Å². The van der Waals surface area contributed by atoms with Gasteiger partial charge in [-0.05, 0) is 58.2 Å². The van der Waals surface area contributed by atoms with Gasteiger partial charge in [-0.15, -0.1) is 0 Å². The summed E-state index contributed by atoms with van der Waals surface area (Å²) in [4.78, 5) is 13.0. The lowest BCUT2D eigenvalue weighted by molar-refractivity contribution is -0.149. The first-order valence-electron chi connectivity index (χ1n) is 10.7. The smallest absolute Gasteiger partial charge is 0.339 e. The van der Waals surface area contributed by atoms with Crippen LogP contribution in [0.1, 0.15) is 68.1 Å². The highest BCUT2D eigenvalue weighted by atomic mass is 19.1. The van der Waals surface area contributed by atoms with Gasteiger partial charge in [0, 0.05) is 11.8 Å². The Labute approximate surface area is 179 Å². The summed E-state index contributed by atoms with van der Waals surface area (Å²) in [6.07, 6.45) is 4.86. The second kappa shape index (κ2) is 8.64. The van der Waals surface area contributed by atoms with Gasteiger partial charge < -0.3 is 14.2 Å². The third-order valence-corrected chi connectivity index (χ3v) is 5.99. The van der Waals surface area contributed by atoms with E-state index < -0.39 is 23.9 Å². The van der Waals surface area contributed by atoms with Crippen LogP contribution >= 0.6 is 0 Å². The van der Waals surface area contributed by atoms with Gasteiger partial charge in [0.2, 0.25) is 0 Å². The monoisotopic (exact) mass is 416 g/mol. The van der Waals surface area contributed by atoms with Crippen molar-refractivity contribution in [1.82, 2.24) is 0 Å². The number of fused-ring (bicyclic) bond motifs is 2. The van der Waals surface area contributed by atoms with Crippen LogP contribution in [-0.4, -0.2) is 30.1 Å². The van der Waals surface area contributed by atoms with Crippen LogP contribution in [0.5, 0.6) is 0 Å². The van der Waals surface area contributed by atoms with Crippen molar-refractivity contribution in [1.29, 1.82) is 0 Å². The topological polar surface area (TPSA) is 44.8 Å². The molecule has 1 aromatic carbocycles. The summed E-state index contributed by atoms with van der Waals surface area (Å²) in [5.74, 6) is -2.16. The highest BCUT2D eigenvalue weighted by Crippen LogP contribution is 2.37. The average Bonchev–Trinajstić information content (AvgIpc) is 2.94. The number of hydrogen-bond donors (Lipinski definition) is 0. The number of rotatable bonds is 0. The molecule has 5 heteroatoms. The molecular formula is C25H33FO4. The molecule has 5 atom stereocenters. The predicted octanol–water partition coefficient (Wildman–Crippen LogP) is 5.91. The van der Waals surface area contributed by atoms with Gasteiger partial charge in [-0.2, -0.15) is 0 Å². The number of hydrogen-bond acceptors (Lipinski definition) is 4. The fraction of sp³-hybridized carbons (Fsp3) is 0.560. The van der Waals surface area contributed by atoms with E-state index in [9.17, 15) is 4.79 Å². The van der Waals surface area contributed by atoms with Gasteiger partial charge in [0.15, 0.2) is 5.79 Å². The Morgan fingerprint density at radius 1 is 1.10 bits per heavy atom. The lowest BCUT2D eigenvalue weighted by Crippen LogP contribution is -2.30. The number of cyclic esters (lactones) is 1. The van der Waals surface area contributed by atoms with Crippen LogP contribution in [0.4, 0.5) is 4.39 Å². The summed E-state index contributed by atoms with van der Waals surface area (Å²) in [6.45, 7) is 13.1. The van der Waals surface area contributed by atoms with Crippen LogP contribution in [-0.2, 0) is 14.2 Å². The zero-order valence-electron chi connectivity index (χ0n) is 19.0. The molecule has 2 aliphatic heterocycles. The van der Waals surface area contributed by atoms with Crippen LogP contribution in [0, 0.1) is 25.7 Å². The van der Waals surface area contributed by atoms with Crippen LogP contribution < -0.4 is 0 Å². The number of halogens is 1. The molecule has 3 unspecified atom stereocenters. The Morgan fingerprint density at radius 3 is 2.50 bits per heavy atom. The molecule has 2 aliphatic rings. The molecule has 1 aromatic rings. The fourth-order valence-corrected chi connectivity index (χ4v) is 4.24. The minimum Gasteiger partial charge on any atom is -0.458 e. The molecule has 0 aromatic heterocycles. The van der Waals surface area contributed by atoms with Gasteiger partial charge in [0.05, 0.1) is 17.8 Å². The second-order valence-electron chi connectivity index (χ2n) is 9.13. The summed E-state index contributed by atoms with van der Waals surface area (Å²) in [5, 5.41) is 0. The van der Waals surface area contributed by atoms with E-state index in [1.54, 1.807) is 13.0 Å². The van der Waals surface area contributed by atoms with E-state index in [-0.39, 0.29) is 23.8 Å². The molecule has 0 radical (unpaired) electrons. The minimum atomic E-state index is -0.769. The summed E-state index contributed by atoms with van der Waals surface area (Å²) in [6, 6.07) is 3.95. The lowest BCUT2D eigenvalue weighted by Gasteiger charge is -2.24. The summed E-state index contributed by atoms with van der Waals surface area (Å²) >= 11 is 0. The normalized spacial score (nSPS) is 34.7. The molecule has 1 saturated heterocycles. The van der Waals surface area contributed by atoms with Crippen molar-refractivity contribution >= 4 is 12.0 Å². The number of ether oxygens (including phenoxy) is 3. The zero-order valence-corrected chi connectivity index (χ0v) is 19.0. The Hall–Kier alpha value is -1.98. The van der Waals surface area contributed by atoms with Crippen molar-refractivity contribution in [3.05, 3.63) is 52.4 Å². The number of benzene rings is 1. The van der Waals surface area contributed by atoms with Crippen molar-refractivity contribution < 1.29 is 23.4 Å². The Bertz CT molecular complexity index is 870. The lowest BCUT2D eigenvalue weighted by atomic mass is 9.92. The third-order valence-electron chi connectivity index (χ3n) is 5.99. The van der Waals surface area contributed by atoms with Crippen molar-refractivity contribution in [2.45, 2.75) is 79.0 Å².